The third-order valence-electron chi connectivity index (χ3n) is 3.37. The van der Waals surface area contributed by atoms with E-state index >= 15 is 0 Å². The summed E-state index contributed by atoms with van der Waals surface area (Å²) in [6, 6.07) is 16.5. The van der Waals surface area contributed by atoms with Crippen molar-refractivity contribution in [1.82, 2.24) is 0 Å². The van der Waals surface area contributed by atoms with Gasteiger partial charge in [0.1, 0.15) is 0 Å². The minimum absolute atomic E-state index is 0.0905. The van der Waals surface area contributed by atoms with Crippen LogP contribution in [0.3, 0.4) is 0 Å². The highest BCUT2D eigenvalue weighted by Gasteiger charge is 2.13. The topological polar surface area (TPSA) is 9.23 Å². The molecule has 2 aromatic rings. The maximum Gasteiger partial charge on any atom is 0.283 e. The molecular weight excluding hydrogens is 219 g/mol. The Hall–Kier alpha value is -1.54. The van der Waals surface area contributed by atoms with Crippen molar-refractivity contribution in [2.24, 2.45) is 0 Å². The van der Waals surface area contributed by atoms with Gasteiger partial charge >= 0.3 is 0 Å². The number of hydrogen-bond donors (Lipinski definition) is 0. The number of hydrogen-bond acceptors (Lipinski definition) is 1. The fourth-order valence-electron chi connectivity index (χ4n) is 2.22. The molecule has 0 saturated heterocycles. The molecule has 0 N–H and O–H groups in total. The van der Waals surface area contributed by atoms with E-state index in [9.17, 15) is 0 Å². The molecule has 0 aliphatic rings. The molecule has 0 saturated carbocycles. The first-order chi connectivity index (χ1) is 8.72. The standard InChI is InChI=1S/C16H17BO/c1-12-7-3-5-9-14(12)11-16(18-17)15-10-6-4-8-13(15)2/h3-10,16H,11H2,1-2H3. The highest BCUT2D eigenvalue weighted by Crippen LogP contribution is 2.25. The van der Waals surface area contributed by atoms with Crippen molar-refractivity contribution in [1.29, 1.82) is 0 Å². The van der Waals surface area contributed by atoms with E-state index in [2.05, 4.69) is 38.1 Å². The summed E-state index contributed by atoms with van der Waals surface area (Å²) in [5, 5.41) is 0. The lowest BCUT2D eigenvalue weighted by Crippen LogP contribution is -2.08. The van der Waals surface area contributed by atoms with Crippen LogP contribution in [0.4, 0.5) is 0 Å². The zero-order chi connectivity index (χ0) is 13.0. The van der Waals surface area contributed by atoms with Gasteiger partial charge in [0.15, 0.2) is 0 Å². The Morgan fingerprint density at radius 2 is 1.56 bits per heavy atom. The number of rotatable bonds is 4. The second-order valence-electron chi connectivity index (χ2n) is 4.61. The van der Waals surface area contributed by atoms with E-state index in [1.807, 2.05) is 24.3 Å². The molecule has 2 aromatic carbocycles. The van der Waals surface area contributed by atoms with Crippen LogP contribution in [-0.4, -0.2) is 8.05 Å². The van der Waals surface area contributed by atoms with Crippen molar-refractivity contribution in [2.45, 2.75) is 26.4 Å². The Labute approximate surface area is 110 Å². The molecule has 2 rings (SSSR count). The Morgan fingerprint density at radius 1 is 0.944 bits per heavy atom. The lowest BCUT2D eigenvalue weighted by atomic mass is 9.95. The minimum atomic E-state index is -0.0905. The third-order valence-corrected chi connectivity index (χ3v) is 3.37. The molecule has 0 fully saturated rings. The minimum Gasteiger partial charge on any atom is -0.441 e. The van der Waals surface area contributed by atoms with Gasteiger partial charge in [-0.15, -0.1) is 0 Å². The van der Waals surface area contributed by atoms with Crippen LogP contribution in [0.1, 0.15) is 28.4 Å². The van der Waals surface area contributed by atoms with Gasteiger partial charge in [0.25, 0.3) is 8.05 Å². The van der Waals surface area contributed by atoms with Crippen LogP contribution >= 0.6 is 0 Å². The highest BCUT2D eigenvalue weighted by molar-refractivity contribution is 5.98. The van der Waals surface area contributed by atoms with E-state index in [1.54, 1.807) is 0 Å². The Balaban J connectivity index is 2.26. The fourth-order valence-corrected chi connectivity index (χ4v) is 2.22. The molecule has 2 radical (unpaired) electrons. The van der Waals surface area contributed by atoms with Gasteiger partial charge in [0, 0.05) is 6.42 Å². The zero-order valence-corrected chi connectivity index (χ0v) is 10.9. The molecule has 1 atom stereocenters. The SMILES string of the molecule is [B]OC(Cc1ccccc1C)c1ccccc1C. The van der Waals surface area contributed by atoms with Gasteiger partial charge in [0.2, 0.25) is 0 Å². The largest absolute Gasteiger partial charge is 0.441 e. The van der Waals surface area contributed by atoms with Gasteiger partial charge in [0.05, 0.1) is 6.10 Å². The van der Waals surface area contributed by atoms with Crippen LogP contribution in [0.25, 0.3) is 0 Å². The molecule has 18 heavy (non-hydrogen) atoms. The van der Waals surface area contributed by atoms with Crippen molar-refractivity contribution in [2.75, 3.05) is 0 Å². The van der Waals surface area contributed by atoms with Gasteiger partial charge in [-0.3, -0.25) is 0 Å². The predicted molar refractivity (Wildman–Crippen MR) is 75.6 cm³/mol. The van der Waals surface area contributed by atoms with Crippen LogP contribution in [0, 0.1) is 13.8 Å². The van der Waals surface area contributed by atoms with Crippen molar-refractivity contribution in [3.63, 3.8) is 0 Å². The van der Waals surface area contributed by atoms with Crippen LogP contribution in [-0.2, 0) is 11.1 Å². The van der Waals surface area contributed by atoms with E-state index in [4.69, 9.17) is 12.7 Å². The average molecular weight is 236 g/mol. The van der Waals surface area contributed by atoms with E-state index < -0.39 is 0 Å². The first-order valence-corrected chi connectivity index (χ1v) is 6.18. The Morgan fingerprint density at radius 3 is 2.17 bits per heavy atom. The molecule has 1 unspecified atom stereocenters. The zero-order valence-electron chi connectivity index (χ0n) is 10.9. The first-order valence-electron chi connectivity index (χ1n) is 6.18. The summed E-state index contributed by atoms with van der Waals surface area (Å²) >= 11 is 0. The molecule has 0 amide bonds. The second-order valence-corrected chi connectivity index (χ2v) is 4.61. The van der Waals surface area contributed by atoms with Crippen LogP contribution < -0.4 is 0 Å². The van der Waals surface area contributed by atoms with E-state index in [0.29, 0.717) is 0 Å². The maximum atomic E-state index is 5.47. The Bertz CT molecular complexity index is 522. The van der Waals surface area contributed by atoms with Crippen LogP contribution in [0.2, 0.25) is 0 Å². The summed E-state index contributed by atoms with van der Waals surface area (Å²) < 4.78 is 5.18. The lowest BCUT2D eigenvalue weighted by molar-refractivity contribution is 0.226. The molecule has 0 aliphatic carbocycles. The van der Waals surface area contributed by atoms with Crippen molar-refractivity contribution in [3.8, 4) is 0 Å². The summed E-state index contributed by atoms with van der Waals surface area (Å²) in [7, 11) is 5.47. The normalized spacial score (nSPS) is 12.3. The molecule has 2 heteroatoms. The predicted octanol–water partition coefficient (Wildman–Crippen LogP) is 3.69. The van der Waals surface area contributed by atoms with E-state index in [-0.39, 0.29) is 6.10 Å². The summed E-state index contributed by atoms with van der Waals surface area (Å²) in [4.78, 5) is 0. The lowest BCUT2D eigenvalue weighted by Gasteiger charge is -2.19. The molecule has 0 aromatic heterocycles. The monoisotopic (exact) mass is 236 g/mol. The molecule has 0 bridgehead atoms. The third kappa shape index (κ3) is 2.83. The smallest absolute Gasteiger partial charge is 0.283 e. The quantitative estimate of drug-likeness (QED) is 0.735. The number of aryl methyl sites for hydroxylation is 2. The summed E-state index contributed by atoms with van der Waals surface area (Å²) in [5.74, 6) is 0. The van der Waals surface area contributed by atoms with E-state index in [1.165, 1.54) is 16.7 Å². The Kier molecular flexibility index (Phi) is 4.21. The molecule has 0 aliphatic heterocycles. The fraction of sp³-hybridized carbons (Fsp3) is 0.250. The van der Waals surface area contributed by atoms with Gasteiger partial charge in [-0.25, -0.2) is 0 Å². The number of benzene rings is 2. The maximum absolute atomic E-state index is 5.47. The van der Waals surface area contributed by atoms with Crippen LogP contribution in [0.5, 0.6) is 0 Å². The second kappa shape index (κ2) is 5.88. The summed E-state index contributed by atoms with van der Waals surface area (Å²) in [5.41, 5.74) is 4.91. The molecule has 90 valence electrons. The van der Waals surface area contributed by atoms with Gasteiger partial charge < -0.3 is 4.65 Å². The van der Waals surface area contributed by atoms with E-state index in [0.717, 1.165) is 12.0 Å². The highest BCUT2D eigenvalue weighted by atomic mass is 16.4. The summed E-state index contributed by atoms with van der Waals surface area (Å²) in [6.45, 7) is 4.19. The first kappa shape index (κ1) is 12.9. The van der Waals surface area contributed by atoms with Crippen molar-refractivity contribution < 1.29 is 4.65 Å². The van der Waals surface area contributed by atoms with Crippen LogP contribution in [0.15, 0.2) is 48.5 Å². The molecule has 0 heterocycles. The average Bonchev–Trinajstić information content (AvgIpc) is 2.39. The molecular formula is C16H17BO. The van der Waals surface area contributed by atoms with Gasteiger partial charge in [-0.05, 0) is 36.1 Å². The molecule has 1 nitrogen and oxygen atoms in total. The van der Waals surface area contributed by atoms with Gasteiger partial charge in [-0.1, -0.05) is 48.5 Å². The van der Waals surface area contributed by atoms with Crippen molar-refractivity contribution >= 4 is 8.05 Å². The van der Waals surface area contributed by atoms with Crippen molar-refractivity contribution in [3.05, 3.63) is 70.8 Å². The van der Waals surface area contributed by atoms with Gasteiger partial charge in [-0.2, -0.15) is 0 Å². The molecule has 0 spiro atoms. The summed E-state index contributed by atoms with van der Waals surface area (Å²) in [6.07, 6.45) is 0.709.